The number of rotatable bonds is 1. The Labute approximate surface area is 128 Å². The summed E-state index contributed by atoms with van der Waals surface area (Å²) in [5.41, 5.74) is 2.45. The first kappa shape index (κ1) is 12.6. The highest BCUT2D eigenvalue weighted by Crippen LogP contribution is 2.35. The average Bonchev–Trinajstić information content (AvgIpc) is 2.90. The third-order valence-corrected chi connectivity index (χ3v) is 3.95. The Morgan fingerprint density at radius 2 is 1.86 bits per heavy atom. The first-order chi connectivity index (χ1) is 10.2. The molecule has 1 N–H and O–H groups in total. The van der Waals surface area contributed by atoms with Crippen molar-refractivity contribution in [2.24, 2.45) is 0 Å². The highest BCUT2D eigenvalue weighted by Gasteiger charge is 2.15. The largest absolute Gasteiger partial charge is 0.486 e. The van der Waals surface area contributed by atoms with Crippen LogP contribution in [0.4, 0.5) is 4.39 Å². The van der Waals surface area contributed by atoms with Gasteiger partial charge in [-0.3, -0.25) is 0 Å². The lowest BCUT2D eigenvalue weighted by Gasteiger charge is -2.17. The highest BCUT2D eigenvalue weighted by atomic mass is 79.9. The fourth-order valence-corrected chi connectivity index (χ4v) is 2.71. The molecule has 2 heterocycles. The number of halogens is 2. The molecule has 2 aromatic carbocycles. The van der Waals surface area contributed by atoms with Gasteiger partial charge in [0.05, 0.1) is 15.5 Å². The predicted octanol–water partition coefficient (Wildman–Crippen LogP) is 3.90. The fraction of sp³-hybridized carbons (Fsp3) is 0.133. The molecule has 0 fully saturated rings. The number of benzene rings is 2. The Balaban J connectivity index is 1.84. The molecule has 0 bridgehead atoms. The van der Waals surface area contributed by atoms with Crippen LogP contribution >= 0.6 is 15.9 Å². The number of imidazole rings is 1. The number of fused-ring (bicyclic) bond motifs is 2. The van der Waals surface area contributed by atoms with Crippen molar-refractivity contribution in [1.82, 2.24) is 9.97 Å². The van der Waals surface area contributed by atoms with Crippen LogP contribution in [-0.4, -0.2) is 23.2 Å². The summed E-state index contributed by atoms with van der Waals surface area (Å²) in [5.74, 6) is 1.79. The topological polar surface area (TPSA) is 47.1 Å². The van der Waals surface area contributed by atoms with Crippen molar-refractivity contribution in [3.63, 3.8) is 0 Å². The standard InChI is InChI=1S/C15H10BrFN2O2/c16-9-5-8(1-2-10(9)17)15-18-11-6-13-14(7-12(11)19-15)21-4-3-20-13/h1-2,5-7H,3-4H2,(H,18,19). The second-order valence-corrected chi connectivity index (χ2v) is 5.58. The van der Waals surface area contributed by atoms with Crippen LogP contribution < -0.4 is 9.47 Å². The highest BCUT2D eigenvalue weighted by molar-refractivity contribution is 9.10. The minimum Gasteiger partial charge on any atom is -0.486 e. The molecule has 0 unspecified atom stereocenters. The van der Waals surface area contributed by atoms with Crippen LogP contribution in [0.1, 0.15) is 0 Å². The Hall–Kier alpha value is -2.08. The van der Waals surface area contributed by atoms with E-state index in [9.17, 15) is 4.39 Å². The molecule has 106 valence electrons. The van der Waals surface area contributed by atoms with E-state index in [0.29, 0.717) is 35.0 Å². The summed E-state index contributed by atoms with van der Waals surface area (Å²) in [6.45, 7) is 1.09. The molecule has 0 aliphatic carbocycles. The zero-order valence-corrected chi connectivity index (χ0v) is 12.4. The molecule has 6 heteroatoms. The van der Waals surface area contributed by atoms with E-state index in [2.05, 4.69) is 25.9 Å². The van der Waals surface area contributed by atoms with E-state index >= 15 is 0 Å². The summed E-state index contributed by atoms with van der Waals surface area (Å²) in [7, 11) is 0. The number of hydrogen-bond donors (Lipinski definition) is 1. The number of aromatic nitrogens is 2. The van der Waals surface area contributed by atoms with E-state index in [4.69, 9.17) is 9.47 Å². The first-order valence-corrected chi connectivity index (χ1v) is 7.25. The van der Waals surface area contributed by atoms with E-state index in [1.54, 1.807) is 12.1 Å². The number of nitrogens with zero attached hydrogens (tertiary/aromatic N) is 1. The second-order valence-electron chi connectivity index (χ2n) is 4.73. The van der Waals surface area contributed by atoms with E-state index in [1.807, 2.05) is 12.1 Å². The van der Waals surface area contributed by atoms with Crippen molar-refractivity contribution in [3.05, 3.63) is 40.6 Å². The monoisotopic (exact) mass is 348 g/mol. The molecule has 3 aromatic rings. The Kier molecular flexibility index (Phi) is 2.85. The molecule has 0 saturated heterocycles. The summed E-state index contributed by atoms with van der Waals surface area (Å²) in [5, 5.41) is 0. The molecule has 4 nitrogen and oxygen atoms in total. The van der Waals surface area contributed by atoms with Gasteiger partial charge in [0.1, 0.15) is 24.9 Å². The predicted molar refractivity (Wildman–Crippen MR) is 80.2 cm³/mol. The third-order valence-electron chi connectivity index (χ3n) is 3.34. The van der Waals surface area contributed by atoms with Crippen LogP contribution in [0.3, 0.4) is 0 Å². The van der Waals surface area contributed by atoms with Gasteiger partial charge < -0.3 is 14.5 Å². The Bertz CT molecular complexity index is 804. The maximum absolute atomic E-state index is 13.3. The molecule has 1 aliphatic heterocycles. The van der Waals surface area contributed by atoms with Crippen LogP contribution in [0.25, 0.3) is 22.4 Å². The molecule has 1 aromatic heterocycles. The molecule has 0 radical (unpaired) electrons. The summed E-state index contributed by atoms with van der Waals surface area (Å²) in [6.07, 6.45) is 0. The van der Waals surface area contributed by atoms with Crippen LogP contribution in [0.2, 0.25) is 0 Å². The van der Waals surface area contributed by atoms with Gasteiger partial charge in [-0.2, -0.15) is 0 Å². The maximum atomic E-state index is 13.3. The van der Waals surface area contributed by atoms with Gasteiger partial charge in [-0.05, 0) is 34.1 Å². The van der Waals surface area contributed by atoms with Crippen LogP contribution in [0.15, 0.2) is 34.8 Å². The van der Waals surface area contributed by atoms with E-state index in [-0.39, 0.29) is 5.82 Å². The van der Waals surface area contributed by atoms with Crippen LogP contribution in [0.5, 0.6) is 11.5 Å². The minimum absolute atomic E-state index is 0.299. The number of H-pyrrole nitrogens is 1. The molecule has 21 heavy (non-hydrogen) atoms. The number of aromatic amines is 1. The fourth-order valence-electron chi connectivity index (χ4n) is 2.33. The van der Waals surface area contributed by atoms with Gasteiger partial charge in [-0.25, -0.2) is 9.37 Å². The van der Waals surface area contributed by atoms with Crippen molar-refractivity contribution in [1.29, 1.82) is 0 Å². The molecule has 0 spiro atoms. The summed E-state index contributed by atoms with van der Waals surface area (Å²) in [4.78, 5) is 7.75. The second kappa shape index (κ2) is 4.73. The maximum Gasteiger partial charge on any atom is 0.163 e. The number of nitrogens with one attached hydrogen (secondary N) is 1. The van der Waals surface area contributed by atoms with Gasteiger partial charge in [0.25, 0.3) is 0 Å². The van der Waals surface area contributed by atoms with E-state index < -0.39 is 0 Å². The minimum atomic E-state index is -0.299. The van der Waals surface area contributed by atoms with Crippen molar-refractivity contribution in [3.8, 4) is 22.9 Å². The summed E-state index contributed by atoms with van der Waals surface area (Å²) < 4.78 is 24.8. The zero-order valence-electron chi connectivity index (χ0n) is 10.8. The van der Waals surface area contributed by atoms with Crippen molar-refractivity contribution >= 4 is 27.0 Å². The summed E-state index contributed by atoms with van der Waals surface area (Å²) >= 11 is 3.18. The normalized spacial score (nSPS) is 13.6. The van der Waals surface area contributed by atoms with Crippen LogP contribution in [-0.2, 0) is 0 Å². The molecule has 1 aliphatic rings. The van der Waals surface area contributed by atoms with Gasteiger partial charge >= 0.3 is 0 Å². The van der Waals surface area contributed by atoms with E-state index in [1.165, 1.54) is 6.07 Å². The molecule has 4 rings (SSSR count). The van der Waals surface area contributed by atoms with Gasteiger partial charge in [0.15, 0.2) is 11.5 Å². The quantitative estimate of drug-likeness (QED) is 0.725. The lowest BCUT2D eigenvalue weighted by molar-refractivity contribution is 0.172. The van der Waals surface area contributed by atoms with Gasteiger partial charge in [-0.15, -0.1) is 0 Å². The van der Waals surface area contributed by atoms with Crippen LogP contribution in [0, 0.1) is 5.82 Å². The number of hydrogen-bond acceptors (Lipinski definition) is 3. The number of ether oxygens (including phenoxy) is 2. The van der Waals surface area contributed by atoms with Gasteiger partial charge in [0, 0.05) is 17.7 Å². The molecular weight excluding hydrogens is 339 g/mol. The molecular formula is C15H10BrFN2O2. The van der Waals surface area contributed by atoms with E-state index in [0.717, 1.165) is 16.6 Å². The Morgan fingerprint density at radius 3 is 2.62 bits per heavy atom. The summed E-state index contributed by atoms with van der Waals surface area (Å²) in [6, 6.07) is 8.51. The SMILES string of the molecule is Fc1ccc(-c2nc3cc4c(cc3[nH]2)OCCO4)cc1Br. The lowest BCUT2D eigenvalue weighted by atomic mass is 10.2. The lowest BCUT2D eigenvalue weighted by Crippen LogP contribution is -2.15. The van der Waals surface area contributed by atoms with Gasteiger partial charge in [-0.1, -0.05) is 0 Å². The average molecular weight is 349 g/mol. The zero-order chi connectivity index (χ0) is 14.4. The van der Waals surface area contributed by atoms with Crippen molar-refractivity contribution in [2.75, 3.05) is 13.2 Å². The third kappa shape index (κ3) is 2.15. The molecule has 0 amide bonds. The first-order valence-electron chi connectivity index (χ1n) is 6.45. The van der Waals surface area contributed by atoms with Crippen molar-refractivity contribution < 1.29 is 13.9 Å². The smallest absolute Gasteiger partial charge is 0.163 e. The molecule has 0 saturated carbocycles. The molecule has 0 atom stereocenters. The Morgan fingerprint density at radius 1 is 1.10 bits per heavy atom. The van der Waals surface area contributed by atoms with Gasteiger partial charge in [0.2, 0.25) is 0 Å². The van der Waals surface area contributed by atoms with Crippen molar-refractivity contribution in [2.45, 2.75) is 0 Å².